The summed E-state index contributed by atoms with van der Waals surface area (Å²) in [4.78, 5) is 15.1. The van der Waals surface area contributed by atoms with E-state index >= 15 is 0 Å². The molecule has 0 atom stereocenters. The number of thioether (sulfide) groups is 1. The number of hydrogen-bond donors (Lipinski definition) is 0. The standard InChI is InChI=1S/C17H21NO2S/c1-12-5-6-13(2)16(9-12)21-11-17(19)18(4)10-15-8-7-14(3)20-15/h5-9H,10-11H2,1-4H3. The maximum Gasteiger partial charge on any atom is 0.233 e. The van der Waals surface area contributed by atoms with Crippen molar-refractivity contribution in [2.45, 2.75) is 32.2 Å². The first-order valence-corrected chi connectivity index (χ1v) is 7.93. The fraction of sp³-hybridized carbons (Fsp3) is 0.353. The van der Waals surface area contributed by atoms with E-state index in [1.54, 1.807) is 16.7 Å². The lowest BCUT2D eigenvalue weighted by Gasteiger charge is -2.16. The highest BCUT2D eigenvalue weighted by Gasteiger charge is 2.12. The van der Waals surface area contributed by atoms with Crippen LogP contribution in [0.15, 0.2) is 39.6 Å². The molecule has 2 rings (SSSR count). The molecule has 1 aromatic heterocycles. The number of aryl methyl sites for hydroxylation is 3. The highest BCUT2D eigenvalue weighted by Crippen LogP contribution is 2.24. The van der Waals surface area contributed by atoms with Crippen LogP contribution in [0.25, 0.3) is 0 Å². The van der Waals surface area contributed by atoms with Crippen LogP contribution in [-0.2, 0) is 11.3 Å². The van der Waals surface area contributed by atoms with Crippen LogP contribution in [0.4, 0.5) is 0 Å². The van der Waals surface area contributed by atoms with Crippen LogP contribution >= 0.6 is 11.8 Å². The zero-order chi connectivity index (χ0) is 15.4. The second kappa shape index (κ2) is 6.85. The molecule has 0 unspecified atom stereocenters. The Morgan fingerprint density at radius 1 is 1.19 bits per heavy atom. The summed E-state index contributed by atoms with van der Waals surface area (Å²) in [6.07, 6.45) is 0. The molecule has 0 fully saturated rings. The van der Waals surface area contributed by atoms with Crippen molar-refractivity contribution in [2.75, 3.05) is 12.8 Å². The fourth-order valence-corrected chi connectivity index (χ4v) is 3.07. The molecule has 0 bridgehead atoms. The van der Waals surface area contributed by atoms with Gasteiger partial charge in [-0.3, -0.25) is 4.79 Å². The largest absolute Gasteiger partial charge is 0.464 e. The summed E-state index contributed by atoms with van der Waals surface area (Å²) in [5.41, 5.74) is 2.43. The lowest BCUT2D eigenvalue weighted by atomic mass is 10.2. The topological polar surface area (TPSA) is 33.5 Å². The zero-order valence-electron chi connectivity index (χ0n) is 13.0. The number of amides is 1. The van der Waals surface area contributed by atoms with E-state index in [1.165, 1.54) is 16.0 Å². The predicted octanol–water partition coefficient (Wildman–Crippen LogP) is 3.96. The highest BCUT2D eigenvalue weighted by atomic mass is 32.2. The molecule has 0 aliphatic heterocycles. The van der Waals surface area contributed by atoms with Gasteiger partial charge >= 0.3 is 0 Å². The van der Waals surface area contributed by atoms with Crippen LogP contribution in [0, 0.1) is 20.8 Å². The smallest absolute Gasteiger partial charge is 0.233 e. The van der Waals surface area contributed by atoms with Crippen molar-refractivity contribution in [3.8, 4) is 0 Å². The van der Waals surface area contributed by atoms with E-state index in [1.807, 2.05) is 26.1 Å². The third-order valence-corrected chi connectivity index (χ3v) is 4.45. The Kier molecular flexibility index (Phi) is 5.12. The van der Waals surface area contributed by atoms with Gasteiger partial charge in [-0.05, 0) is 44.5 Å². The summed E-state index contributed by atoms with van der Waals surface area (Å²) in [6.45, 7) is 6.56. The van der Waals surface area contributed by atoms with Crippen molar-refractivity contribution >= 4 is 17.7 Å². The van der Waals surface area contributed by atoms with Crippen molar-refractivity contribution in [1.29, 1.82) is 0 Å². The van der Waals surface area contributed by atoms with E-state index in [-0.39, 0.29) is 5.91 Å². The molecule has 3 nitrogen and oxygen atoms in total. The highest BCUT2D eigenvalue weighted by molar-refractivity contribution is 8.00. The summed E-state index contributed by atoms with van der Waals surface area (Å²) < 4.78 is 5.50. The summed E-state index contributed by atoms with van der Waals surface area (Å²) in [7, 11) is 1.81. The number of carbonyl (C=O) groups is 1. The maximum absolute atomic E-state index is 12.2. The van der Waals surface area contributed by atoms with Crippen molar-refractivity contribution in [1.82, 2.24) is 4.90 Å². The van der Waals surface area contributed by atoms with Crippen LogP contribution in [0.3, 0.4) is 0 Å². The molecule has 0 aliphatic rings. The Bertz CT molecular complexity index is 633. The van der Waals surface area contributed by atoms with Gasteiger partial charge in [0.2, 0.25) is 5.91 Å². The molecule has 4 heteroatoms. The molecular weight excluding hydrogens is 282 g/mol. The Hall–Kier alpha value is -1.68. The molecule has 0 N–H and O–H groups in total. The molecule has 0 radical (unpaired) electrons. The van der Waals surface area contributed by atoms with Crippen LogP contribution < -0.4 is 0 Å². The minimum atomic E-state index is 0.106. The van der Waals surface area contributed by atoms with Gasteiger partial charge in [0.15, 0.2) is 0 Å². The second-order valence-corrected chi connectivity index (χ2v) is 6.34. The SMILES string of the molecule is Cc1ccc(C)c(SCC(=O)N(C)Cc2ccc(C)o2)c1. The van der Waals surface area contributed by atoms with Gasteiger partial charge in [-0.25, -0.2) is 0 Å². The van der Waals surface area contributed by atoms with E-state index in [4.69, 9.17) is 4.42 Å². The van der Waals surface area contributed by atoms with Gasteiger partial charge in [0, 0.05) is 11.9 Å². The summed E-state index contributed by atoms with van der Waals surface area (Å²) in [5.74, 6) is 2.24. The lowest BCUT2D eigenvalue weighted by Crippen LogP contribution is -2.27. The Balaban J connectivity index is 1.90. The third-order valence-electron chi connectivity index (χ3n) is 3.31. The molecular formula is C17H21NO2S. The first-order chi connectivity index (χ1) is 9.95. The first kappa shape index (κ1) is 15.7. The number of nitrogens with zero attached hydrogens (tertiary/aromatic N) is 1. The lowest BCUT2D eigenvalue weighted by molar-refractivity contribution is -0.127. The summed E-state index contributed by atoms with van der Waals surface area (Å²) in [5, 5.41) is 0. The Labute approximate surface area is 130 Å². The summed E-state index contributed by atoms with van der Waals surface area (Å²) in [6, 6.07) is 10.1. The Morgan fingerprint density at radius 2 is 1.95 bits per heavy atom. The summed E-state index contributed by atoms with van der Waals surface area (Å²) >= 11 is 1.59. The van der Waals surface area contributed by atoms with E-state index < -0.39 is 0 Å². The van der Waals surface area contributed by atoms with Crippen molar-refractivity contribution in [2.24, 2.45) is 0 Å². The van der Waals surface area contributed by atoms with E-state index in [0.717, 1.165) is 11.5 Å². The van der Waals surface area contributed by atoms with Gasteiger partial charge in [0.1, 0.15) is 11.5 Å². The molecule has 1 heterocycles. The minimum absolute atomic E-state index is 0.106. The van der Waals surface area contributed by atoms with Gasteiger partial charge in [-0.2, -0.15) is 0 Å². The average Bonchev–Trinajstić information content (AvgIpc) is 2.84. The molecule has 0 aliphatic carbocycles. The molecule has 21 heavy (non-hydrogen) atoms. The number of benzene rings is 1. The van der Waals surface area contributed by atoms with Crippen LogP contribution in [0.5, 0.6) is 0 Å². The monoisotopic (exact) mass is 303 g/mol. The minimum Gasteiger partial charge on any atom is -0.464 e. The molecule has 1 amide bonds. The third kappa shape index (κ3) is 4.39. The van der Waals surface area contributed by atoms with E-state index in [9.17, 15) is 4.79 Å². The van der Waals surface area contributed by atoms with Crippen molar-refractivity contribution in [3.63, 3.8) is 0 Å². The predicted molar refractivity (Wildman–Crippen MR) is 86.6 cm³/mol. The van der Waals surface area contributed by atoms with E-state index in [2.05, 4.69) is 32.0 Å². The van der Waals surface area contributed by atoms with Crippen LogP contribution in [-0.4, -0.2) is 23.6 Å². The van der Waals surface area contributed by atoms with Gasteiger partial charge in [-0.1, -0.05) is 17.7 Å². The quantitative estimate of drug-likeness (QED) is 0.784. The number of rotatable bonds is 5. The van der Waals surface area contributed by atoms with E-state index in [0.29, 0.717) is 12.3 Å². The molecule has 1 aromatic carbocycles. The molecule has 2 aromatic rings. The van der Waals surface area contributed by atoms with Crippen LogP contribution in [0.2, 0.25) is 0 Å². The normalized spacial score (nSPS) is 10.7. The number of hydrogen-bond acceptors (Lipinski definition) is 3. The van der Waals surface area contributed by atoms with Crippen LogP contribution in [0.1, 0.15) is 22.6 Å². The number of carbonyl (C=O) groups excluding carboxylic acids is 1. The van der Waals surface area contributed by atoms with Crippen molar-refractivity contribution < 1.29 is 9.21 Å². The zero-order valence-corrected chi connectivity index (χ0v) is 13.8. The molecule has 0 saturated heterocycles. The van der Waals surface area contributed by atoms with Gasteiger partial charge < -0.3 is 9.32 Å². The maximum atomic E-state index is 12.2. The number of furan rings is 1. The van der Waals surface area contributed by atoms with Crippen molar-refractivity contribution in [3.05, 3.63) is 53.0 Å². The second-order valence-electron chi connectivity index (χ2n) is 5.32. The fourth-order valence-electron chi connectivity index (χ4n) is 2.00. The molecule has 0 saturated carbocycles. The Morgan fingerprint density at radius 3 is 2.62 bits per heavy atom. The average molecular weight is 303 g/mol. The molecule has 0 spiro atoms. The van der Waals surface area contributed by atoms with Gasteiger partial charge in [0.25, 0.3) is 0 Å². The molecule has 112 valence electrons. The van der Waals surface area contributed by atoms with Gasteiger partial charge in [-0.15, -0.1) is 11.8 Å². The van der Waals surface area contributed by atoms with Gasteiger partial charge in [0.05, 0.1) is 12.3 Å². The first-order valence-electron chi connectivity index (χ1n) is 6.95.